The lowest BCUT2D eigenvalue weighted by atomic mass is 9.68. The number of carbonyl (C=O) groups is 2. The van der Waals surface area contributed by atoms with Gasteiger partial charge in [0.15, 0.2) is 5.78 Å². The van der Waals surface area contributed by atoms with Crippen molar-refractivity contribution in [2.45, 2.75) is 71.9 Å². The molecule has 32 heavy (non-hydrogen) atoms. The zero-order valence-corrected chi connectivity index (χ0v) is 19.0. The van der Waals surface area contributed by atoms with Gasteiger partial charge in [0, 0.05) is 29.3 Å². The number of allylic oxidation sites excluding steroid dienone is 3. The van der Waals surface area contributed by atoms with E-state index in [0.29, 0.717) is 24.2 Å². The van der Waals surface area contributed by atoms with Crippen LogP contribution in [0.3, 0.4) is 0 Å². The summed E-state index contributed by atoms with van der Waals surface area (Å²) in [6, 6.07) is 5.17. The third-order valence-electron chi connectivity index (χ3n) is 6.02. The first-order valence-electron chi connectivity index (χ1n) is 11.0. The molecule has 0 fully saturated rings. The Morgan fingerprint density at radius 3 is 2.53 bits per heavy atom. The summed E-state index contributed by atoms with van der Waals surface area (Å²) in [7, 11) is 0. The number of hydrogen-bond acceptors (Lipinski definition) is 4. The Morgan fingerprint density at radius 2 is 1.88 bits per heavy atom. The van der Waals surface area contributed by atoms with Gasteiger partial charge in [-0.3, -0.25) is 4.79 Å². The minimum atomic E-state index is -4.62. The minimum absolute atomic E-state index is 0.0741. The standard InChI is InChI=1S/C25H30F3NO3/c1-5-6-9-12-32-23(31)20-15(2)29-18-13-24(3,4)14-19(30)22(18)21(20)16-10-7-8-11-17(16)25(26,27)28/h7-8,10-11,21,29H,5-6,9,12-14H2,1-4H3/t21-/m0/s1. The Bertz CT molecular complexity index is 973. The lowest BCUT2D eigenvalue weighted by molar-refractivity contribution is -0.141. The molecule has 1 atom stereocenters. The molecule has 0 saturated heterocycles. The number of rotatable bonds is 6. The van der Waals surface area contributed by atoms with Gasteiger partial charge in [-0.1, -0.05) is 51.8 Å². The van der Waals surface area contributed by atoms with E-state index < -0.39 is 23.6 Å². The van der Waals surface area contributed by atoms with Gasteiger partial charge in [-0.25, -0.2) is 4.79 Å². The zero-order valence-electron chi connectivity index (χ0n) is 19.0. The van der Waals surface area contributed by atoms with Crippen LogP contribution in [0.4, 0.5) is 13.2 Å². The molecule has 1 aromatic carbocycles. The van der Waals surface area contributed by atoms with Crippen molar-refractivity contribution >= 4 is 11.8 Å². The van der Waals surface area contributed by atoms with Crippen LogP contribution in [-0.2, 0) is 20.5 Å². The van der Waals surface area contributed by atoms with Crippen molar-refractivity contribution in [1.82, 2.24) is 5.32 Å². The number of benzene rings is 1. The molecule has 0 amide bonds. The molecule has 174 valence electrons. The fourth-order valence-corrected chi connectivity index (χ4v) is 4.62. The lowest BCUT2D eigenvalue weighted by Crippen LogP contribution is -2.39. The van der Waals surface area contributed by atoms with Crippen molar-refractivity contribution in [3.05, 3.63) is 57.9 Å². The smallest absolute Gasteiger partial charge is 0.416 e. The fraction of sp³-hybridized carbons (Fsp3) is 0.520. The van der Waals surface area contributed by atoms with Gasteiger partial charge in [0.05, 0.1) is 17.7 Å². The first-order valence-corrected chi connectivity index (χ1v) is 11.0. The van der Waals surface area contributed by atoms with Crippen molar-refractivity contribution in [1.29, 1.82) is 0 Å². The summed E-state index contributed by atoms with van der Waals surface area (Å²) in [5.74, 6) is -2.04. The number of carbonyl (C=O) groups excluding carboxylic acids is 2. The molecule has 0 radical (unpaired) electrons. The highest BCUT2D eigenvalue weighted by atomic mass is 19.4. The van der Waals surface area contributed by atoms with Crippen molar-refractivity contribution < 1.29 is 27.5 Å². The van der Waals surface area contributed by atoms with Crippen molar-refractivity contribution in [3.8, 4) is 0 Å². The molecule has 3 rings (SSSR count). The normalized spacial score (nSPS) is 20.7. The number of dihydropyridines is 1. The summed E-state index contributed by atoms with van der Waals surface area (Å²) in [6.45, 7) is 7.76. The summed E-state index contributed by atoms with van der Waals surface area (Å²) in [5, 5.41) is 3.15. The second-order valence-corrected chi connectivity index (χ2v) is 9.36. The van der Waals surface area contributed by atoms with Crippen LogP contribution in [-0.4, -0.2) is 18.4 Å². The predicted octanol–water partition coefficient (Wildman–Crippen LogP) is 6.04. The monoisotopic (exact) mass is 449 g/mol. The SMILES string of the molecule is CCCCCOC(=O)C1=C(C)NC2=C(C(=O)CC(C)(C)C2)[C@H]1c1ccccc1C(F)(F)F. The van der Waals surface area contributed by atoms with Crippen LogP contribution in [0.5, 0.6) is 0 Å². The number of ketones is 1. The zero-order chi connectivity index (χ0) is 23.7. The largest absolute Gasteiger partial charge is 0.462 e. The fourth-order valence-electron chi connectivity index (χ4n) is 4.62. The number of nitrogens with one attached hydrogen (secondary N) is 1. The van der Waals surface area contributed by atoms with Crippen molar-refractivity contribution in [2.24, 2.45) is 5.41 Å². The van der Waals surface area contributed by atoms with Crippen LogP contribution in [0.1, 0.15) is 76.8 Å². The lowest BCUT2D eigenvalue weighted by Gasteiger charge is -2.40. The molecular weight excluding hydrogens is 419 g/mol. The van der Waals surface area contributed by atoms with E-state index in [2.05, 4.69) is 5.32 Å². The Morgan fingerprint density at radius 1 is 1.19 bits per heavy atom. The number of unbranched alkanes of at least 4 members (excludes halogenated alkanes) is 2. The quantitative estimate of drug-likeness (QED) is 0.425. The Hall–Kier alpha value is -2.57. The maximum absolute atomic E-state index is 13.9. The number of Topliss-reactive ketones (excluding diaryl/α,β-unsaturated/α-hetero) is 1. The number of hydrogen-bond donors (Lipinski definition) is 1. The van der Waals surface area contributed by atoms with Gasteiger partial charge >= 0.3 is 12.1 Å². The van der Waals surface area contributed by atoms with E-state index in [4.69, 9.17) is 4.74 Å². The Balaban J connectivity index is 2.14. The first-order chi connectivity index (χ1) is 15.0. The van der Waals surface area contributed by atoms with Crippen molar-refractivity contribution in [2.75, 3.05) is 6.61 Å². The summed E-state index contributed by atoms with van der Waals surface area (Å²) < 4.78 is 47.2. The summed E-state index contributed by atoms with van der Waals surface area (Å²) >= 11 is 0. The maximum Gasteiger partial charge on any atom is 0.416 e. The molecule has 4 nitrogen and oxygen atoms in total. The first kappa shape index (κ1) is 24.1. The Labute approximate surface area is 186 Å². The van der Waals surface area contributed by atoms with Gasteiger partial charge < -0.3 is 10.1 Å². The van der Waals surface area contributed by atoms with Crippen LogP contribution in [0.2, 0.25) is 0 Å². The molecule has 1 N–H and O–H groups in total. The molecule has 0 unspecified atom stereocenters. The van der Waals surface area contributed by atoms with Gasteiger partial charge in [0.2, 0.25) is 0 Å². The average molecular weight is 450 g/mol. The van der Waals surface area contributed by atoms with Gasteiger partial charge in [-0.2, -0.15) is 13.2 Å². The van der Waals surface area contributed by atoms with E-state index in [1.165, 1.54) is 18.2 Å². The molecule has 0 saturated carbocycles. The third-order valence-corrected chi connectivity index (χ3v) is 6.02. The van der Waals surface area contributed by atoms with Gasteiger partial charge in [-0.05, 0) is 36.8 Å². The highest BCUT2D eigenvalue weighted by Gasteiger charge is 2.46. The highest BCUT2D eigenvalue weighted by molar-refractivity contribution is 6.04. The van der Waals surface area contributed by atoms with E-state index >= 15 is 0 Å². The Kier molecular flexibility index (Phi) is 6.86. The summed E-state index contributed by atoms with van der Waals surface area (Å²) in [5.41, 5.74) is 0.0691. The van der Waals surface area contributed by atoms with Gasteiger partial charge in [-0.15, -0.1) is 0 Å². The van der Waals surface area contributed by atoms with Gasteiger partial charge in [0.25, 0.3) is 0 Å². The summed E-state index contributed by atoms with van der Waals surface area (Å²) in [4.78, 5) is 26.3. The second-order valence-electron chi connectivity index (χ2n) is 9.36. The number of ether oxygens (including phenoxy) is 1. The molecule has 1 heterocycles. The number of alkyl halides is 3. The van der Waals surface area contributed by atoms with Crippen molar-refractivity contribution in [3.63, 3.8) is 0 Å². The molecule has 7 heteroatoms. The second kappa shape index (κ2) is 9.12. The molecule has 0 aromatic heterocycles. The maximum atomic E-state index is 13.9. The highest BCUT2D eigenvalue weighted by Crippen LogP contribution is 2.49. The van der Waals surface area contributed by atoms with Crippen LogP contribution < -0.4 is 5.32 Å². The van der Waals surface area contributed by atoms with Crippen LogP contribution in [0.25, 0.3) is 0 Å². The van der Waals surface area contributed by atoms with E-state index in [9.17, 15) is 22.8 Å². The molecular formula is C25H30F3NO3. The van der Waals surface area contributed by atoms with Gasteiger partial charge in [0.1, 0.15) is 0 Å². The topological polar surface area (TPSA) is 55.4 Å². The van der Waals surface area contributed by atoms with E-state index in [0.717, 1.165) is 18.9 Å². The summed E-state index contributed by atoms with van der Waals surface area (Å²) in [6.07, 6.45) is -1.41. The molecule has 1 aliphatic carbocycles. The van der Waals surface area contributed by atoms with E-state index in [1.807, 2.05) is 20.8 Å². The average Bonchev–Trinajstić information content (AvgIpc) is 2.68. The molecule has 1 aromatic rings. The number of esters is 1. The number of halogens is 3. The van der Waals surface area contributed by atoms with Crippen LogP contribution in [0.15, 0.2) is 46.8 Å². The van der Waals surface area contributed by atoms with Crippen LogP contribution in [0, 0.1) is 5.41 Å². The minimum Gasteiger partial charge on any atom is -0.462 e. The third kappa shape index (κ3) is 4.92. The molecule has 2 aliphatic rings. The molecule has 0 spiro atoms. The van der Waals surface area contributed by atoms with E-state index in [1.54, 1.807) is 6.92 Å². The van der Waals surface area contributed by atoms with E-state index in [-0.39, 0.29) is 40.9 Å². The molecule has 1 aliphatic heterocycles. The molecule has 0 bridgehead atoms. The van der Waals surface area contributed by atoms with Crippen LogP contribution >= 0.6 is 0 Å². The predicted molar refractivity (Wildman–Crippen MR) is 116 cm³/mol.